The number of nitrogens with zero attached hydrogens (tertiary/aromatic N) is 3. The Morgan fingerprint density at radius 2 is 1.80 bits per heavy atom. The van der Waals surface area contributed by atoms with Gasteiger partial charge in [0, 0.05) is 38.6 Å². The van der Waals surface area contributed by atoms with Crippen molar-refractivity contribution >= 4 is 29.9 Å². The average Bonchev–Trinajstić information content (AvgIpc) is 3.24. The normalized spacial score (nSPS) is 12.4. The van der Waals surface area contributed by atoms with E-state index in [1.54, 1.807) is 0 Å². The molecule has 0 aliphatic rings. The summed E-state index contributed by atoms with van der Waals surface area (Å²) in [6, 6.07) is 17.6. The molecule has 6 heteroatoms. The Morgan fingerprint density at radius 3 is 2.43 bits per heavy atom. The first-order valence-corrected chi connectivity index (χ1v) is 10.2. The number of halogens is 1. The number of rotatable bonds is 7. The van der Waals surface area contributed by atoms with E-state index in [-0.39, 0.29) is 24.0 Å². The Labute approximate surface area is 197 Å². The number of imidazole rings is 1. The third-order valence-electron chi connectivity index (χ3n) is 5.24. The molecule has 30 heavy (non-hydrogen) atoms. The molecule has 0 fully saturated rings. The highest BCUT2D eigenvalue weighted by atomic mass is 127. The number of nitrogens with one attached hydrogen (secondary N) is 2. The van der Waals surface area contributed by atoms with Crippen LogP contribution in [-0.2, 0) is 13.1 Å². The van der Waals surface area contributed by atoms with E-state index in [0.717, 1.165) is 19.0 Å². The molecule has 2 N–H and O–H groups in total. The highest BCUT2D eigenvalue weighted by Gasteiger charge is 2.10. The molecule has 2 aromatic carbocycles. The molecule has 5 nitrogen and oxygen atoms in total. The summed E-state index contributed by atoms with van der Waals surface area (Å²) in [7, 11) is 1.81. The molecule has 1 heterocycles. The van der Waals surface area contributed by atoms with Crippen molar-refractivity contribution < 1.29 is 0 Å². The SMILES string of the molecule is CN=C(NCc1ccccc1-c1ccc(Cn2ccnc2)cc1)NC(C)C(C)C.I. The molecule has 0 saturated carbocycles. The number of hydrogen-bond donors (Lipinski definition) is 2. The van der Waals surface area contributed by atoms with E-state index >= 15 is 0 Å². The van der Waals surface area contributed by atoms with E-state index in [2.05, 4.69) is 94.5 Å². The van der Waals surface area contributed by atoms with Crippen LogP contribution in [0.2, 0.25) is 0 Å². The molecule has 1 atom stereocenters. The van der Waals surface area contributed by atoms with E-state index < -0.39 is 0 Å². The molecule has 0 amide bonds. The molecule has 0 spiro atoms. The van der Waals surface area contributed by atoms with Crippen LogP contribution in [0.1, 0.15) is 31.9 Å². The van der Waals surface area contributed by atoms with Gasteiger partial charge in [-0.3, -0.25) is 4.99 Å². The van der Waals surface area contributed by atoms with Crippen molar-refractivity contribution in [3.8, 4) is 11.1 Å². The van der Waals surface area contributed by atoms with Crippen molar-refractivity contribution in [2.24, 2.45) is 10.9 Å². The second-order valence-corrected chi connectivity index (χ2v) is 7.69. The van der Waals surface area contributed by atoms with Gasteiger partial charge in [0.2, 0.25) is 0 Å². The lowest BCUT2D eigenvalue weighted by molar-refractivity contribution is 0.481. The summed E-state index contributed by atoms with van der Waals surface area (Å²) in [6.45, 7) is 8.14. The number of aromatic nitrogens is 2. The maximum atomic E-state index is 4.36. The number of benzene rings is 2. The van der Waals surface area contributed by atoms with E-state index in [1.807, 2.05) is 25.8 Å². The number of hydrogen-bond acceptors (Lipinski definition) is 2. The summed E-state index contributed by atoms with van der Waals surface area (Å²) in [5.41, 5.74) is 4.96. The minimum atomic E-state index is 0. The van der Waals surface area contributed by atoms with Crippen LogP contribution in [0.4, 0.5) is 0 Å². The van der Waals surface area contributed by atoms with Crippen LogP contribution in [0.15, 0.2) is 72.2 Å². The van der Waals surface area contributed by atoms with Crippen LogP contribution >= 0.6 is 24.0 Å². The lowest BCUT2D eigenvalue weighted by Crippen LogP contribution is -2.43. The Hall–Kier alpha value is -2.35. The molecular formula is C24H32IN5. The molecule has 0 bridgehead atoms. The van der Waals surface area contributed by atoms with E-state index in [0.29, 0.717) is 12.0 Å². The summed E-state index contributed by atoms with van der Waals surface area (Å²) in [5.74, 6) is 1.37. The molecule has 0 aliphatic heterocycles. The quantitative estimate of drug-likeness (QED) is 0.266. The first-order chi connectivity index (χ1) is 14.1. The van der Waals surface area contributed by atoms with Gasteiger partial charge >= 0.3 is 0 Å². The van der Waals surface area contributed by atoms with E-state index in [9.17, 15) is 0 Å². The van der Waals surface area contributed by atoms with Crippen LogP contribution in [0.5, 0.6) is 0 Å². The van der Waals surface area contributed by atoms with E-state index in [4.69, 9.17) is 0 Å². The molecule has 0 saturated heterocycles. The molecule has 1 unspecified atom stereocenters. The average molecular weight is 517 g/mol. The fraction of sp³-hybridized carbons (Fsp3) is 0.333. The van der Waals surface area contributed by atoms with E-state index in [1.165, 1.54) is 22.3 Å². The van der Waals surface area contributed by atoms with Gasteiger partial charge in [0.1, 0.15) is 0 Å². The van der Waals surface area contributed by atoms with Gasteiger partial charge in [-0.1, -0.05) is 62.4 Å². The fourth-order valence-corrected chi connectivity index (χ4v) is 3.09. The van der Waals surface area contributed by atoms with Crippen LogP contribution in [-0.4, -0.2) is 28.6 Å². The second-order valence-electron chi connectivity index (χ2n) is 7.69. The molecule has 3 rings (SSSR count). The summed E-state index contributed by atoms with van der Waals surface area (Å²) >= 11 is 0. The molecule has 0 radical (unpaired) electrons. The Morgan fingerprint density at radius 1 is 1.07 bits per heavy atom. The monoisotopic (exact) mass is 517 g/mol. The molecule has 160 valence electrons. The molecule has 1 aromatic heterocycles. The summed E-state index contributed by atoms with van der Waals surface area (Å²) in [6.07, 6.45) is 5.63. The Kier molecular flexibility index (Phi) is 9.36. The first-order valence-electron chi connectivity index (χ1n) is 10.2. The fourth-order valence-electron chi connectivity index (χ4n) is 3.09. The summed E-state index contributed by atoms with van der Waals surface area (Å²) in [5, 5.41) is 6.91. The third-order valence-corrected chi connectivity index (χ3v) is 5.24. The minimum Gasteiger partial charge on any atom is -0.354 e. The van der Waals surface area contributed by atoms with Crippen molar-refractivity contribution in [3.63, 3.8) is 0 Å². The summed E-state index contributed by atoms with van der Waals surface area (Å²) < 4.78 is 2.07. The van der Waals surface area contributed by atoms with Gasteiger partial charge in [-0.25, -0.2) is 4.98 Å². The Bertz CT molecular complexity index is 917. The summed E-state index contributed by atoms with van der Waals surface area (Å²) in [4.78, 5) is 8.47. The predicted octanol–water partition coefficient (Wildman–Crippen LogP) is 4.93. The van der Waals surface area contributed by atoms with Gasteiger partial charge in [-0.2, -0.15) is 0 Å². The highest BCUT2D eigenvalue weighted by molar-refractivity contribution is 14.0. The van der Waals surface area contributed by atoms with Crippen molar-refractivity contribution in [2.75, 3.05) is 7.05 Å². The van der Waals surface area contributed by atoms with Gasteiger partial charge in [-0.05, 0) is 35.1 Å². The zero-order valence-electron chi connectivity index (χ0n) is 18.2. The zero-order chi connectivity index (χ0) is 20.6. The minimum absolute atomic E-state index is 0. The maximum absolute atomic E-state index is 4.36. The van der Waals surface area contributed by atoms with Crippen LogP contribution < -0.4 is 10.6 Å². The van der Waals surface area contributed by atoms with Crippen molar-refractivity contribution in [1.29, 1.82) is 0 Å². The van der Waals surface area contributed by atoms with Crippen LogP contribution in [0.25, 0.3) is 11.1 Å². The van der Waals surface area contributed by atoms with Crippen molar-refractivity contribution in [3.05, 3.63) is 78.4 Å². The van der Waals surface area contributed by atoms with Gasteiger partial charge in [0.05, 0.1) is 6.33 Å². The largest absolute Gasteiger partial charge is 0.354 e. The van der Waals surface area contributed by atoms with Crippen LogP contribution in [0.3, 0.4) is 0 Å². The molecular weight excluding hydrogens is 485 g/mol. The third kappa shape index (κ3) is 6.58. The smallest absolute Gasteiger partial charge is 0.191 e. The predicted molar refractivity (Wildman–Crippen MR) is 136 cm³/mol. The number of guanidine groups is 1. The van der Waals surface area contributed by atoms with Gasteiger partial charge < -0.3 is 15.2 Å². The van der Waals surface area contributed by atoms with Crippen LogP contribution in [0, 0.1) is 5.92 Å². The standard InChI is InChI=1S/C24H31N5.HI/c1-18(2)19(3)28-24(25-4)27-15-22-7-5-6-8-23(22)21-11-9-20(10-12-21)16-29-14-13-26-17-29;/h5-14,17-19H,15-16H2,1-4H3,(H2,25,27,28);1H. The second kappa shape index (κ2) is 11.7. The molecule has 0 aliphatic carbocycles. The first kappa shape index (κ1) is 23.9. The zero-order valence-corrected chi connectivity index (χ0v) is 20.5. The van der Waals surface area contributed by atoms with Gasteiger partial charge in [-0.15, -0.1) is 24.0 Å². The molecule has 3 aromatic rings. The van der Waals surface area contributed by atoms with Crippen molar-refractivity contribution in [1.82, 2.24) is 20.2 Å². The van der Waals surface area contributed by atoms with Gasteiger partial charge in [0.15, 0.2) is 5.96 Å². The lowest BCUT2D eigenvalue weighted by atomic mass is 9.98. The lowest BCUT2D eigenvalue weighted by Gasteiger charge is -2.21. The topological polar surface area (TPSA) is 54.2 Å². The van der Waals surface area contributed by atoms with Crippen molar-refractivity contribution in [2.45, 2.75) is 39.9 Å². The maximum Gasteiger partial charge on any atom is 0.191 e. The Balaban J connectivity index is 0.00000320. The van der Waals surface area contributed by atoms with Gasteiger partial charge in [0.25, 0.3) is 0 Å². The highest BCUT2D eigenvalue weighted by Crippen LogP contribution is 2.24. The number of aliphatic imine (C=N–C) groups is 1.